The number of esters is 2. The summed E-state index contributed by atoms with van der Waals surface area (Å²) in [5.74, 6) is -1.05. The zero-order chi connectivity index (χ0) is 27.1. The number of rotatable bonds is 10. The van der Waals surface area contributed by atoms with E-state index in [-0.39, 0.29) is 26.2 Å². The van der Waals surface area contributed by atoms with E-state index in [1.807, 2.05) is 29.7 Å². The van der Waals surface area contributed by atoms with Gasteiger partial charge in [-0.25, -0.2) is 10.2 Å². The first kappa shape index (κ1) is 28.2. The van der Waals surface area contributed by atoms with Gasteiger partial charge in [-0.3, -0.25) is 9.59 Å². The molecule has 0 atom stereocenters. The van der Waals surface area contributed by atoms with Crippen LogP contribution in [0.2, 0.25) is 5.02 Å². The van der Waals surface area contributed by atoms with Crippen LogP contribution in [0.5, 0.6) is 5.75 Å². The summed E-state index contributed by atoms with van der Waals surface area (Å²) in [5, 5.41) is 5.09. The number of nitrogens with one attached hydrogen (secondary N) is 1. The SMILES string of the molecule is CCOC(=O)C/C(C)=N\NC(=O)COc1cc2c(C(=O)OCC)c(C)n(-c3ccc(Cl)cc3)c2cc1Br. The van der Waals surface area contributed by atoms with Gasteiger partial charge in [-0.2, -0.15) is 5.10 Å². The van der Waals surface area contributed by atoms with Crippen molar-refractivity contribution in [2.24, 2.45) is 5.10 Å². The number of amides is 1. The standard InChI is InChI=1S/C26H27BrClN3O6/c1-5-35-24(33)11-15(3)29-30-23(32)14-37-22-12-19-21(13-20(22)27)31(18-9-7-17(28)8-10-18)16(4)25(19)26(34)36-6-2/h7-10,12-13H,5-6,11,14H2,1-4H3,(H,30,32)/b29-15-. The van der Waals surface area contributed by atoms with Gasteiger partial charge >= 0.3 is 11.9 Å². The molecule has 0 spiro atoms. The van der Waals surface area contributed by atoms with Crippen LogP contribution < -0.4 is 10.2 Å². The Morgan fingerprint density at radius 1 is 1.08 bits per heavy atom. The molecule has 0 aliphatic rings. The highest BCUT2D eigenvalue weighted by atomic mass is 79.9. The lowest BCUT2D eigenvalue weighted by molar-refractivity contribution is -0.141. The smallest absolute Gasteiger partial charge is 0.340 e. The number of hydrazone groups is 1. The predicted molar refractivity (Wildman–Crippen MR) is 145 cm³/mol. The van der Waals surface area contributed by atoms with Crippen molar-refractivity contribution in [2.75, 3.05) is 19.8 Å². The zero-order valence-corrected chi connectivity index (χ0v) is 23.2. The number of halogens is 2. The quantitative estimate of drug-likeness (QED) is 0.193. The van der Waals surface area contributed by atoms with Crippen LogP contribution in [0, 0.1) is 6.92 Å². The summed E-state index contributed by atoms with van der Waals surface area (Å²) in [6, 6.07) is 10.8. The second-order valence-electron chi connectivity index (χ2n) is 7.95. The molecule has 0 aliphatic carbocycles. The van der Waals surface area contributed by atoms with Gasteiger partial charge in [0, 0.05) is 27.5 Å². The lowest BCUT2D eigenvalue weighted by Gasteiger charge is -2.11. The van der Waals surface area contributed by atoms with Gasteiger partial charge in [0.05, 0.1) is 35.2 Å². The first-order valence-electron chi connectivity index (χ1n) is 11.5. The number of benzene rings is 2. The van der Waals surface area contributed by atoms with E-state index in [0.717, 1.165) is 11.2 Å². The van der Waals surface area contributed by atoms with Gasteiger partial charge in [0.25, 0.3) is 5.91 Å². The number of ether oxygens (including phenoxy) is 3. The normalized spacial score (nSPS) is 11.4. The molecule has 0 unspecified atom stereocenters. The molecular weight excluding hydrogens is 566 g/mol. The predicted octanol–water partition coefficient (Wildman–Crippen LogP) is 5.36. The molecule has 0 radical (unpaired) electrons. The maximum absolute atomic E-state index is 12.9. The summed E-state index contributed by atoms with van der Waals surface area (Å²) in [6.45, 7) is 7.04. The maximum atomic E-state index is 12.9. The van der Waals surface area contributed by atoms with Crippen LogP contribution in [0.4, 0.5) is 0 Å². The molecule has 0 saturated heterocycles. The summed E-state index contributed by atoms with van der Waals surface area (Å²) >= 11 is 9.57. The number of hydrogen-bond acceptors (Lipinski definition) is 7. The molecular formula is C26H27BrClN3O6. The Labute approximate surface area is 227 Å². The van der Waals surface area contributed by atoms with Crippen LogP contribution >= 0.6 is 27.5 Å². The third-order valence-electron chi connectivity index (χ3n) is 5.26. The first-order chi connectivity index (χ1) is 17.7. The summed E-state index contributed by atoms with van der Waals surface area (Å²) in [4.78, 5) is 36.7. The molecule has 37 heavy (non-hydrogen) atoms. The molecule has 3 rings (SSSR count). The number of aromatic nitrogens is 1. The minimum atomic E-state index is -0.518. The molecule has 0 saturated carbocycles. The summed E-state index contributed by atoms with van der Waals surface area (Å²) < 4.78 is 18.4. The Kier molecular flexibility index (Phi) is 9.71. The number of carbonyl (C=O) groups is 3. The fraction of sp³-hybridized carbons (Fsp3) is 0.308. The monoisotopic (exact) mass is 591 g/mol. The van der Waals surface area contributed by atoms with Crippen LogP contribution in [0.1, 0.15) is 43.2 Å². The van der Waals surface area contributed by atoms with Crippen molar-refractivity contribution in [3.05, 3.63) is 57.2 Å². The Balaban J connectivity index is 1.89. The van der Waals surface area contributed by atoms with Crippen molar-refractivity contribution in [1.29, 1.82) is 0 Å². The fourth-order valence-electron chi connectivity index (χ4n) is 3.70. The minimum Gasteiger partial charge on any atom is -0.482 e. The molecule has 11 heteroatoms. The fourth-order valence-corrected chi connectivity index (χ4v) is 4.28. The Morgan fingerprint density at radius 3 is 2.41 bits per heavy atom. The molecule has 0 fully saturated rings. The highest BCUT2D eigenvalue weighted by Gasteiger charge is 2.24. The van der Waals surface area contributed by atoms with E-state index in [4.69, 9.17) is 25.8 Å². The van der Waals surface area contributed by atoms with Crippen molar-refractivity contribution in [3.63, 3.8) is 0 Å². The Morgan fingerprint density at radius 2 is 1.76 bits per heavy atom. The zero-order valence-electron chi connectivity index (χ0n) is 20.9. The van der Waals surface area contributed by atoms with Gasteiger partial charge in [0.2, 0.25) is 0 Å². The average molecular weight is 593 g/mol. The van der Waals surface area contributed by atoms with Crippen LogP contribution in [-0.4, -0.2) is 47.9 Å². The second kappa shape index (κ2) is 12.7. The second-order valence-corrected chi connectivity index (χ2v) is 9.24. The Hall–Kier alpha value is -3.37. The van der Waals surface area contributed by atoms with E-state index < -0.39 is 17.8 Å². The number of fused-ring (bicyclic) bond motifs is 1. The van der Waals surface area contributed by atoms with E-state index in [1.165, 1.54) is 0 Å². The van der Waals surface area contributed by atoms with E-state index in [2.05, 4.69) is 26.5 Å². The van der Waals surface area contributed by atoms with Crippen molar-refractivity contribution in [1.82, 2.24) is 9.99 Å². The highest BCUT2D eigenvalue weighted by Crippen LogP contribution is 2.37. The van der Waals surface area contributed by atoms with Gasteiger partial charge in [0.1, 0.15) is 5.75 Å². The summed E-state index contributed by atoms with van der Waals surface area (Å²) in [7, 11) is 0. The molecule has 1 heterocycles. The summed E-state index contributed by atoms with van der Waals surface area (Å²) in [6.07, 6.45) is -0.0300. The highest BCUT2D eigenvalue weighted by molar-refractivity contribution is 9.10. The van der Waals surface area contributed by atoms with Crippen LogP contribution in [-0.2, 0) is 19.1 Å². The van der Waals surface area contributed by atoms with Gasteiger partial charge in [-0.05, 0) is 80.0 Å². The molecule has 196 valence electrons. The van der Waals surface area contributed by atoms with Gasteiger partial charge < -0.3 is 18.8 Å². The van der Waals surface area contributed by atoms with Gasteiger partial charge in [-0.15, -0.1) is 0 Å². The molecule has 9 nitrogen and oxygen atoms in total. The van der Waals surface area contributed by atoms with Crippen molar-refractivity contribution in [3.8, 4) is 11.4 Å². The lowest BCUT2D eigenvalue weighted by atomic mass is 10.1. The van der Waals surface area contributed by atoms with E-state index in [9.17, 15) is 14.4 Å². The Bertz CT molecular complexity index is 1350. The molecule has 1 N–H and O–H groups in total. The summed E-state index contributed by atoms with van der Waals surface area (Å²) in [5.41, 5.74) is 5.39. The third kappa shape index (κ3) is 6.90. The largest absolute Gasteiger partial charge is 0.482 e. The number of hydrogen-bond donors (Lipinski definition) is 1. The van der Waals surface area contributed by atoms with Crippen LogP contribution in [0.15, 0.2) is 46.0 Å². The van der Waals surface area contributed by atoms with Crippen LogP contribution in [0.25, 0.3) is 16.6 Å². The molecule has 0 aliphatic heterocycles. The van der Waals surface area contributed by atoms with Crippen molar-refractivity contribution >= 4 is 62.0 Å². The van der Waals surface area contributed by atoms with Crippen molar-refractivity contribution in [2.45, 2.75) is 34.1 Å². The molecule has 1 amide bonds. The first-order valence-corrected chi connectivity index (χ1v) is 12.7. The third-order valence-corrected chi connectivity index (χ3v) is 6.13. The van der Waals surface area contributed by atoms with E-state index >= 15 is 0 Å². The molecule has 0 bridgehead atoms. The minimum absolute atomic E-state index is 0.0300. The molecule has 2 aromatic carbocycles. The number of carbonyl (C=O) groups excluding carboxylic acids is 3. The molecule has 3 aromatic rings. The van der Waals surface area contributed by atoms with Gasteiger partial charge in [0.15, 0.2) is 6.61 Å². The average Bonchev–Trinajstić information content (AvgIpc) is 3.12. The van der Waals surface area contributed by atoms with Gasteiger partial charge in [-0.1, -0.05) is 11.6 Å². The van der Waals surface area contributed by atoms with Crippen molar-refractivity contribution < 1.29 is 28.6 Å². The van der Waals surface area contributed by atoms with E-state index in [0.29, 0.717) is 37.6 Å². The maximum Gasteiger partial charge on any atom is 0.340 e. The molecule has 1 aromatic heterocycles. The number of nitrogens with zero attached hydrogens (tertiary/aromatic N) is 2. The topological polar surface area (TPSA) is 108 Å². The lowest BCUT2D eigenvalue weighted by Crippen LogP contribution is -2.26. The van der Waals surface area contributed by atoms with Crippen LogP contribution in [0.3, 0.4) is 0 Å². The van der Waals surface area contributed by atoms with E-state index in [1.54, 1.807) is 39.0 Å².